The van der Waals surface area contributed by atoms with Crippen molar-refractivity contribution < 1.29 is 14.3 Å². The standard InChI is InChI=1S/C9H18N2O3/c1-3-5-10-9(13)11-6-4-7-14-8(2)12/h3-7H2,1-2H3,(H2,10,11,13). The number of esters is 1. The summed E-state index contributed by atoms with van der Waals surface area (Å²) in [6.45, 7) is 4.89. The van der Waals surface area contributed by atoms with E-state index in [2.05, 4.69) is 10.6 Å². The summed E-state index contributed by atoms with van der Waals surface area (Å²) in [6.07, 6.45) is 1.56. The molecule has 0 aliphatic carbocycles. The molecule has 0 radical (unpaired) electrons. The zero-order valence-corrected chi connectivity index (χ0v) is 8.76. The molecule has 2 amide bonds. The van der Waals surface area contributed by atoms with Crippen molar-refractivity contribution in [2.75, 3.05) is 19.7 Å². The highest BCUT2D eigenvalue weighted by Gasteiger charge is 1.97. The van der Waals surface area contributed by atoms with Gasteiger partial charge >= 0.3 is 12.0 Å². The largest absolute Gasteiger partial charge is 0.466 e. The van der Waals surface area contributed by atoms with E-state index in [4.69, 9.17) is 4.74 Å². The van der Waals surface area contributed by atoms with Crippen LogP contribution in [0.1, 0.15) is 26.7 Å². The third-order valence-corrected chi connectivity index (χ3v) is 1.45. The molecule has 0 unspecified atom stereocenters. The third kappa shape index (κ3) is 8.83. The molecule has 0 saturated heterocycles. The van der Waals surface area contributed by atoms with Crippen molar-refractivity contribution in [1.82, 2.24) is 10.6 Å². The minimum absolute atomic E-state index is 0.172. The smallest absolute Gasteiger partial charge is 0.314 e. The fourth-order valence-electron chi connectivity index (χ4n) is 0.791. The van der Waals surface area contributed by atoms with Gasteiger partial charge in [0.15, 0.2) is 0 Å². The molecule has 0 heterocycles. The highest BCUT2D eigenvalue weighted by atomic mass is 16.5. The van der Waals surface area contributed by atoms with Crippen LogP contribution in [0.4, 0.5) is 4.79 Å². The third-order valence-electron chi connectivity index (χ3n) is 1.45. The average Bonchev–Trinajstić information content (AvgIpc) is 2.13. The Morgan fingerprint density at radius 2 is 1.86 bits per heavy atom. The second kappa shape index (κ2) is 8.34. The Hall–Kier alpha value is -1.26. The minimum Gasteiger partial charge on any atom is -0.466 e. The Bertz CT molecular complexity index is 183. The average molecular weight is 202 g/mol. The summed E-state index contributed by atoms with van der Waals surface area (Å²) in [5.41, 5.74) is 0. The molecule has 0 aromatic carbocycles. The molecule has 0 bridgehead atoms. The van der Waals surface area contributed by atoms with Crippen molar-refractivity contribution in [2.24, 2.45) is 0 Å². The van der Waals surface area contributed by atoms with Crippen molar-refractivity contribution in [1.29, 1.82) is 0 Å². The van der Waals surface area contributed by atoms with Crippen LogP contribution < -0.4 is 10.6 Å². The number of amides is 2. The van der Waals surface area contributed by atoms with E-state index in [-0.39, 0.29) is 12.0 Å². The first-order chi connectivity index (χ1) is 6.66. The van der Waals surface area contributed by atoms with Crippen molar-refractivity contribution >= 4 is 12.0 Å². The number of carbonyl (C=O) groups is 2. The van der Waals surface area contributed by atoms with E-state index in [1.165, 1.54) is 6.92 Å². The molecule has 0 spiro atoms. The fraction of sp³-hybridized carbons (Fsp3) is 0.778. The lowest BCUT2D eigenvalue weighted by Gasteiger charge is -2.06. The fourth-order valence-corrected chi connectivity index (χ4v) is 0.791. The maximum atomic E-state index is 11.0. The van der Waals surface area contributed by atoms with E-state index in [1.807, 2.05) is 6.92 Å². The Morgan fingerprint density at radius 1 is 1.21 bits per heavy atom. The van der Waals surface area contributed by atoms with E-state index in [1.54, 1.807) is 0 Å². The van der Waals surface area contributed by atoms with Crippen LogP contribution in [0.3, 0.4) is 0 Å². The van der Waals surface area contributed by atoms with E-state index in [9.17, 15) is 9.59 Å². The predicted octanol–water partition coefficient (Wildman–Crippen LogP) is 0.649. The molecule has 0 saturated carbocycles. The molecule has 14 heavy (non-hydrogen) atoms. The lowest BCUT2D eigenvalue weighted by Crippen LogP contribution is -2.36. The molecule has 0 aromatic heterocycles. The van der Waals surface area contributed by atoms with Crippen LogP contribution in [0.15, 0.2) is 0 Å². The summed E-state index contributed by atoms with van der Waals surface area (Å²) in [5.74, 6) is -0.291. The molecule has 5 nitrogen and oxygen atoms in total. The predicted molar refractivity (Wildman–Crippen MR) is 52.9 cm³/mol. The van der Waals surface area contributed by atoms with Gasteiger partial charge in [-0.05, 0) is 12.8 Å². The molecule has 0 aliphatic heterocycles. The van der Waals surface area contributed by atoms with Gasteiger partial charge in [-0.3, -0.25) is 4.79 Å². The lowest BCUT2D eigenvalue weighted by molar-refractivity contribution is -0.140. The first-order valence-electron chi connectivity index (χ1n) is 4.82. The molecule has 0 aromatic rings. The molecule has 2 N–H and O–H groups in total. The minimum atomic E-state index is -0.291. The van der Waals surface area contributed by atoms with Gasteiger partial charge in [0.05, 0.1) is 6.61 Å². The molecule has 82 valence electrons. The van der Waals surface area contributed by atoms with Crippen molar-refractivity contribution in [3.8, 4) is 0 Å². The highest BCUT2D eigenvalue weighted by Crippen LogP contribution is 1.81. The summed E-state index contributed by atoms with van der Waals surface area (Å²) in [4.78, 5) is 21.3. The van der Waals surface area contributed by atoms with E-state index >= 15 is 0 Å². The second-order valence-corrected chi connectivity index (χ2v) is 2.88. The van der Waals surface area contributed by atoms with Gasteiger partial charge in [-0.2, -0.15) is 0 Å². The quantitative estimate of drug-likeness (QED) is 0.491. The van der Waals surface area contributed by atoms with E-state index < -0.39 is 0 Å². The van der Waals surface area contributed by atoms with Crippen molar-refractivity contribution in [2.45, 2.75) is 26.7 Å². The topological polar surface area (TPSA) is 67.4 Å². The van der Waals surface area contributed by atoms with Crippen LogP contribution in [0.2, 0.25) is 0 Å². The van der Waals surface area contributed by atoms with Gasteiger partial charge in [0.1, 0.15) is 0 Å². The molecule has 0 aliphatic rings. The van der Waals surface area contributed by atoms with Crippen LogP contribution in [-0.2, 0) is 9.53 Å². The summed E-state index contributed by atoms with van der Waals surface area (Å²) >= 11 is 0. The monoisotopic (exact) mass is 202 g/mol. The molecule has 5 heteroatoms. The maximum absolute atomic E-state index is 11.0. The number of hydrogen-bond acceptors (Lipinski definition) is 3. The Kier molecular flexibility index (Phi) is 7.59. The van der Waals surface area contributed by atoms with Gasteiger partial charge in [-0.15, -0.1) is 0 Å². The zero-order valence-electron chi connectivity index (χ0n) is 8.76. The maximum Gasteiger partial charge on any atom is 0.314 e. The zero-order chi connectivity index (χ0) is 10.8. The van der Waals surface area contributed by atoms with E-state index in [0.29, 0.717) is 26.1 Å². The summed E-state index contributed by atoms with van der Waals surface area (Å²) in [7, 11) is 0. The van der Waals surface area contributed by atoms with Crippen LogP contribution >= 0.6 is 0 Å². The lowest BCUT2D eigenvalue weighted by atomic mass is 10.4. The van der Waals surface area contributed by atoms with Gasteiger partial charge in [-0.25, -0.2) is 4.79 Å². The van der Waals surface area contributed by atoms with Gasteiger partial charge in [0.2, 0.25) is 0 Å². The number of nitrogens with one attached hydrogen (secondary N) is 2. The Balaban J connectivity index is 3.19. The molecule has 0 atom stereocenters. The van der Waals surface area contributed by atoms with Gasteiger partial charge < -0.3 is 15.4 Å². The Labute approximate surface area is 84.2 Å². The second-order valence-electron chi connectivity index (χ2n) is 2.88. The molecular weight excluding hydrogens is 184 g/mol. The summed E-state index contributed by atoms with van der Waals surface area (Å²) < 4.78 is 4.69. The van der Waals surface area contributed by atoms with Crippen molar-refractivity contribution in [3.05, 3.63) is 0 Å². The molecule has 0 fully saturated rings. The van der Waals surface area contributed by atoms with Gasteiger partial charge in [0.25, 0.3) is 0 Å². The van der Waals surface area contributed by atoms with E-state index in [0.717, 1.165) is 6.42 Å². The number of rotatable bonds is 6. The first kappa shape index (κ1) is 12.7. The number of hydrogen-bond donors (Lipinski definition) is 2. The summed E-state index contributed by atoms with van der Waals surface area (Å²) in [6, 6.07) is -0.172. The summed E-state index contributed by atoms with van der Waals surface area (Å²) in [5, 5.41) is 5.32. The molecule has 0 rings (SSSR count). The number of urea groups is 1. The Morgan fingerprint density at radius 3 is 2.43 bits per heavy atom. The number of carbonyl (C=O) groups excluding carboxylic acids is 2. The van der Waals surface area contributed by atoms with Crippen molar-refractivity contribution in [3.63, 3.8) is 0 Å². The highest BCUT2D eigenvalue weighted by molar-refractivity contribution is 5.73. The van der Waals surface area contributed by atoms with Crippen LogP contribution in [0.25, 0.3) is 0 Å². The van der Waals surface area contributed by atoms with Crippen LogP contribution in [0, 0.1) is 0 Å². The molecular formula is C9H18N2O3. The van der Waals surface area contributed by atoms with Crippen LogP contribution in [0.5, 0.6) is 0 Å². The van der Waals surface area contributed by atoms with Gasteiger partial charge in [0, 0.05) is 20.0 Å². The van der Waals surface area contributed by atoms with Crippen LogP contribution in [-0.4, -0.2) is 31.7 Å². The SMILES string of the molecule is CCCNC(=O)NCCCOC(C)=O. The number of ether oxygens (including phenoxy) is 1. The normalized spacial score (nSPS) is 9.29. The first-order valence-corrected chi connectivity index (χ1v) is 4.82. The van der Waals surface area contributed by atoms with Gasteiger partial charge in [-0.1, -0.05) is 6.92 Å².